The average molecular weight is 470 g/mol. The van der Waals surface area contributed by atoms with Crippen LogP contribution in [0.3, 0.4) is 0 Å². The molecule has 3 rings (SSSR count). The quantitative estimate of drug-likeness (QED) is 0.375. The van der Waals surface area contributed by atoms with Gasteiger partial charge in [0.05, 0.1) is 25.2 Å². The predicted molar refractivity (Wildman–Crippen MR) is 125 cm³/mol. The molecular formula is C25H27NO6S. The van der Waals surface area contributed by atoms with Crippen LogP contribution in [0.25, 0.3) is 0 Å². The Morgan fingerprint density at radius 3 is 1.97 bits per heavy atom. The second-order valence-corrected chi connectivity index (χ2v) is 9.71. The molecule has 0 unspecified atom stereocenters. The lowest BCUT2D eigenvalue weighted by Crippen LogP contribution is -2.46. The molecule has 0 saturated carbocycles. The molecule has 174 valence electrons. The van der Waals surface area contributed by atoms with Gasteiger partial charge in [-0.05, 0) is 25.0 Å². The number of esters is 3. The molecule has 0 bridgehead atoms. The predicted octanol–water partition coefficient (Wildman–Crippen LogP) is 3.40. The molecule has 33 heavy (non-hydrogen) atoms. The third-order valence-electron chi connectivity index (χ3n) is 5.29. The number of rotatable bonds is 7. The Kier molecular flexibility index (Phi) is 7.94. The van der Waals surface area contributed by atoms with Crippen molar-refractivity contribution < 1.29 is 28.6 Å². The van der Waals surface area contributed by atoms with Crippen LogP contribution in [0.4, 0.5) is 0 Å². The van der Waals surface area contributed by atoms with Crippen molar-refractivity contribution in [3.05, 3.63) is 83.4 Å². The molecule has 1 saturated heterocycles. The molecule has 0 spiro atoms. The number of nitrogens with one attached hydrogen (secondary N) is 1. The molecule has 1 heterocycles. The largest absolute Gasteiger partial charge is 0.466 e. The van der Waals surface area contributed by atoms with Crippen molar-refractivity contribution in [2.45, 2.75) is 36.1 Å². The van der Waals surface area contributed by atoms with E-state index in [0.29, 0.717) is 0 Å². The standard InChI is InChI=1S/C25H27NO6S/c1-25(2)21(26-22(33-25)18(23(28)31-4)15-19(27)30-3)24(29)32-20(16-11-7-5-8-12-16)17-13-9-6-10-14-17/h5-15,20-22,26H,1-4H3/b18-15+/t21-,22+/m0/s1. The Labute approximate surface area is 197 Å². The molecule has 1 N–H and O–H groups in total. The fourth-order valence-corrected chi connectivity index (χ4v) is 4.98. The van der Waals surface area contributed by atoms with Crippen LogP contribution in [0.2, 0.25) is 0 Å². The van der Waals surface area contributed by atoms with E-state index >= 15 is 0 Å². The number of thioether (sulfide) groups is 1. The van der Waals surface area contributed by atoms with Crippen LogP contribution in [-0.4, -0.2) is 48.3 Å². The monoisotopic (exact) mass is 469 g/mol. The SMILES string of the molecule is COC(=O)/C=C(/C(=O)OC)[C@@H]1N[C@@H](C(=O)OC(c2ccccc2)c2ccccc2)C(C)(C)S1. The highest BCUT2D eigenvalue weighted by Crippen LogP contribution is 2.42. The molecule has 0 aromatic heterocycles. The first-order valence-electron chi connectivity index (χ1n) is 10.4. The van der Waals surface area contributed by atoms with E-state index in [1.165, 1.54) is 26.0 Å². The first kappa shape index (κ1) is 24.5. The minimum atomic E-state index is -0.742. The van der Waals surface area contributed by atoms with Crippen LogP contribution in [0, 0.1) is 0 Å². The summed E-state index contributed by atoms with van der Waals surface area (Å²) in [5, 5.41) is 2.49. The second-order valence-electron chi connectivity index (χ2n) is 7.95. The third kappa shape index (κ3) is 5.83. The van der Waals surface area contributed by atoms with Crippen molar-refractivity contribution in [2.75, 3.05) is 14.2 Å². The molecule has 1 fully saturated rings. The van der Waals surface area contributed by atoms with E-state index < -0.39 is 40.2 Å². The van der Waals surface area contributed by atoms with E-state index in [1.54, 1.807) is 0 Å². The van der Waals surface area contributed by atoms with Crippen molar-refractivity contribution >= 4 is 29.7 Å². The summed E-state index contributed by atoms with van der Waals surface area (Å²) in [6.45, 7) is 3.76. The molecular weight excluding hydrogens is 442 g/mol. The van der Waals surface area contributed by atoms with E-state index in [4.69, 9.17) is 9.47 Å². The van der Waals surface area contributed by atoms with Gasteiger partial charge in [0.1, 0.15) is 6.04 Å². The summed E-state index contributed by atoms with van der Waals surface area (Å²) in [4.78, 5) is 37.5. The molecule has 2 aromatic carbocycles. The van der Waals surface area contributed by atoms with Crippen LogP contribution < -0.4 is 5.32 Å². The topological polar surface area (TPSA) is 90.9 Å². The number of carbonyl (C=O) groups excluding carboxylic acids is 3. The van der Waals surface area contributed by atoms with Crippen LogP contribution in [0.1, 0.15) is 31.1 Å². The maximum absolute atomic E-state index is 13.4. The van der Waals surface area contributed by atoms with Crippen LogP contribution >= 0.6 is 11.8 Å². The minimum absolute atomic E-state index is 0.0698. The smallest absolute Gasteiger partial charge is 0.336 e. The molecule has 2 atom stereocenters. The molecule has 0 aliphatic carbocycles. The summed E-state index contributed by atoms with van der Waals surface area (Å²) in [6, 6.07) is 18.3. The maximum Gasteiger partial charge on any atom is 0.336 e. The maximum atomic E-state index is 13.4. The molecule has 7 nitrogen and oxygen atoms in total. The summed E-state index contributed by atoms with van der Waals surface area (Å²) in [5.74, 6) is -1.83. The van der Waals surface area contributed by atoms with Crippen molar-refractivity contribution in [1.82, 2.24) is 5.32 Å². The highest BCUT2D eigenvalue weighted by molar-refractivity contribution is 8.01. The lowest BCUT2D eigenvalue weighted by atomic mass is 10.00. The minimum Gasteiger partial charge on any atom is -0.466 e. The summed E-state index contributed by atoms with van der Waals surface area (Å²) < 4.78 is 14.9. The fourth-order valence-electron chi connectivity index (χ4n) is 3.58. The normalized spacial score (nSPS) is 19.7. The van der Waals surface area contributed by atoms with Crippen LogP contribution in [-0.2, 0) is 28.6 Å². The molecule has 0 radical (unpaired) electrons. The number of ether oxygens (including phenoxy) is 3. The average Bonchev–Trinajstić information content (AvgIpc) is 3.16. The van der Waals surface area contributed by atoms with E-state index in [2.05, 4.69) is 10.1 Å². The lowest BCUT2D eigenvalue weighted by molar-refractivity contribution is -0.150. The summed E-state index contributed by atoms with van der Waals surface area (Å²) in [7, 11) is 2.45. The van der Waals surface area contributed by atoms with Gasteiger partial charge in [0.15, 0.2) is 6.10 Å². The summed E-state index contributed by atoms with van der Waals surface area (Å²) in [6.07, 6.45) is 0.490. The van der Waals surface area contributed by atoms with Crippen molar-refractivity contribution in [1.29, 1.82) is 0 Å². The van der Waals surface area contributed by atoms with Gasteiger partial charge in [0, 0.05) is 10.8 Å². The van der Waals surface area contributed by atoms with Crippen molar-refractivity contribution in [2.24, 2.45) is 0 Å². The van der Waals surface area contributed by atoms with E-state index in [0.717, 1.165) is 17.2 Å². The number of benzene rings is 2. The summed E-state index contributed by atoms with van der Waals surface area (Å²) in [5.41, 5.74) is 1.76. The fraction of sp³-hybridized carbons (Fsp3) is 0.320. The zero-order valence-electron chi connectivity index (χ0n) is 18.9. The van der Waals surface area contributed by atoms with Gasteiger partial charge < -0.3 is 14.2 Å². The number of carbonyl (C=O) groups is 3. The Hall–Kier alpha value is -3.10. The van der Waals surface area contributed by atoms with Gasteiger partial charge in [-0.3, -0.25) is 10.1 Å². The summed E-state index contributed by atoms with van der Waals surface area (Å²) >= 11 is 1.34. The first-order valence-corrected chi connectivity index (χ1v) is 11.3. The Bertz CT molecular complexity index is 982. The zero-order valence-corrected chi connectivity index (χ0v) is 19.8. The van der Waals surface area contributed by atoms with Gasteiger partial charge in [-0.1, -0.05) is 60.7 Å². The van der Waals surface area contributed by atoms with Crippen LogP contribution in [0.5, 0.6) is 0 Å². The Morgan fingerprint density at radius 2 is 1.48 bits per heavy atom. The van der Waals surface area contributed by atoms with Crippen molar-refractivity contribution in [3.63, 3.8) is 0 Å². The molecule has 1 aliphatic heterocycles. The lowest BCUT2D eigenvalue weighted by Gasteiger charge is -2.26. The third-order valence-corrected chi connectivity index (χ3v) is 6.76. The highest BCUT2D eigenvalue weighted by atomic mass is 32.2. The van der Waals surface area contributed by atoms with Gasteiger partial charge in [-0.15, -0.1) is 11.8 Å². The number of methoxy groups -OCH3 is 2. The second kappa shape index (κ2) is 10.7. The number of hydrogen-bond acceptors (Lipinski definition) is 8. The van der Waals surface area contributed by atoms with Gasteiger partial charge in [0.2, 0.25) is 0 Å². The first-order chi connectivity index (χ1) is 15.8. The van der Waals surface area contributed by atoms with E-state index in [-0.39, 0.29) is 5.57 Å². The van der Waals surface area contributed by atoms with Gasteiger partial charge in [-0.25, -0.2) is 9.59 Å². The Morgan fingerprint density at radius 1 is 0.939 bits per heavy atom. The van der Waals surface area contributed by atoms with Crippen molar-refractivity contribution in [3.8, 4) is 0 Å². The Balaban J connectivity index is 1.87. The molecule has 0 amide bonds. The highest BCUT2D eigenvalue weighted by Gasteiger charge is 2.48. The number of hydrogen-bond donors (Lipinski definition) is 1. The van der Waals surface area contributed by atoms with Crippen LogP contribution in [0.15, 0.2) is 72.3 Å². The van der Waals surface area contributed by atoms with E-state index in [1.807, 2.05) is 74.5 Å². The zero-order chi connectivity index (χ0) is 24.0. The van der Waals surface area contributed by atoms with Gasteiger partial charge >= 0.3 is 17.9 Å². The molecule has 8 heteroatoms. The van der Waals surface area contributed by atoms with E-state index in [9.17, 15) is 14.4 Å². The molecule has 1 aliphatic rings. The van der Waals surface area contributed by atoms with Gasteiger partial charge in [0.25, 0.3) is 0 Å². The van der Waals surface area contributed by atoms with Gasteiger partial charge in [-0.2, -0.15) is 0 Å². The molecule has 2 aromatic rings.